The third-order valence-electron chi connectivity index (χ3n) is 2.40. The fraction of sp³-hybridized carbons (Fsp3) is 0.462. The van der Waals surface area contributed by atoms with E-state index in [-0.39, 0.29) is 5.56 Å². The SMILES string of the molecule is CCCCCOc1ccc(C(=O)[O-])cc1OC. The Morgan fingerprint density at radius 1 is 1.29 bits per heavy atom. The van der Waals surface area contributed by atoms with Gasteiger partial charge < -0.3 is 19.4 Å². The maximum Gasteiger partial charge on any atom is 0.161 e. The number of carbonyl (C=O) groups is 1. The predicted octanol–water partition coefficient (Wildman–Crippen LogP) is 1.63. The van der Waals surface area contributed by atoms with Gasteiger partial charge in [-0.25, -0.2) is 0 Å². The molecule has 0 saturated heterocycles. The Labute approximate surface area is 101 Å². The molecule has 0 aliphatic rings. The number of hydrogen-bond donors (Lipinski definition) is 0. The number of carbonyl (C=O) groups excluding carboxylic acids is 1. The van der Waals surface area contributed by atoms with Crippen molar-refractivity contribution in [2.75, 3.05) is 13.7 Å². The van der Waals surface area contributed by atoms with Crippen molar-refractivity contribution in [3.8, 4) is 11.5 Å². The van der Waals surface area contributed by atoms with Crippen LogP contribution in [0.1, 0.15) is 36.5 Å². The molecule has 94 valence electrons. The Hall–Kier alpha value is -1.71. The number of aromatic carboxylic acids is 1. The lowest BCUT2D eigenvalue weighted by Gasteiger charge is -2.12. The zero-order valence-corrected chi connectivity index (χ0v) is 10.2. The number of carboxylic acids is 1. The zero-order chi connectivity index (χ0) is 12.7. The Morgan fingerprint density at radius 2 is 2.06 bits per heavy atom. The number of rotatable bonds is 7. The number of unbranched alkanes of at least 4 members (excludes halogenated alkanes) is 2. The lowest BCUT2D eigenvalue weighted by Crippen LogP contribution is -2.22. The van der Waals surface area contributed by atoms with Crippen molar-refractivity contribution in [3.05, 3.63) is 23.8 Å². The van der Waals surface area contributed by atoms with Gasteiger partial charge in [0.1, 0.15) is 0 Å². The number of hydrogen-bond acceptors (Lipinski definition) is 4. The first-order valence-corrected chi connectivity index (χ1v) is 5.71. The second kappa shape index (κ2) is 6.78. The van der Waals surface area contributed by atoms with E-state index in [1.807, 2.05) is 0 Å². The molecule has 17 heavy (non-hydrogen) atoms. The average molecular weight is 237 g/mol. The van der Waals surface area contributed by atoms with Crippen molar-refractivity contribution in [2.24, 2.45) is 0 Å². The van der Waals surface area contributed by atoms with Crippen molar-refractivity contribution in [2.45, 2.75) is 26.2 Å². The molecule has 1 aromatic carbocycles. The Balaban J connectivity index is 2.68. The summed E-state index contributed by atoms with van der Waals surface area (Å²) in [5, 5.41) is 10.7. The summed E-state index contributed by atoms with van der Waals surface area (Å²) in [4.78, 5) is 10.7. The third-order valence-corrected chi connectivity index (χ3v) is 2.40. The summed E-state index contributed by atoms with van der Waals surface area (Å²) < 4.78 is 10.6. The summed E-state index contributed by atoms with van der Waals surface area (Å²) in [5.41, 5.74) is 0.0859. The summed E-state index contributed by atoms with van der Waals surface area (Å²) >= 11 is 0. The highest BCUT2D eigenvalue weighted by molar-refractivity contribution is 5.86. The van der Waals surface area contributed by atoms with Crippen LogP contribution in [-0.2, 0) is 0 Å². The summed E-state index contributed by atoms with van der Waals surface area (Å²) in [6, 6.07) is 4.45. The van der Waals surface area contributed by atoms with E-state index in [1.165, 1.54) is 19.2 Å². The van der Waals surface area contributed by atoms with Gasteiger partial charge in [0.05, 0.1) is 19.7 Å². The molecule has 0 amide bonds. The molecule has 0 unspecified atom stereocenters. The standard InChI is InChI=1S/C13H18O4/c1-3-4-5-8-17-11-7-6-10(13(14)15)9-12(11)16-2/h6-7,9H,3-5,8H2,1-2H3,(H,14,15)/p-1. The molecule has 0 saturated carbocycles. The molecule has 4 nitrogen and oxygen atoms in total. The first kappa shape index (κ1) is 13.4. The highest BCUT2D eigenvalue weighted by atomic mass is 16.5. The maximum atomic E-state index is 10.7. The molecule has 0 atom stereocenters. The molecule has 0 spiro atoms. The van der Waals surface area contributed by atoms with Crippen molar-refractivity contribution < 1.29 is 19.4 Å². The van der Waals surface area contributed by atoms with Crippen molar-refractivity contribution in [1.29, 1.82) is 0 Å². The molecule has 0 aliphatic heterocycles. The van der Waals surface area contributed by atoms with Crippen LogP contribution in [-0.4, -0.2) is 19.7 Å². The van der Waals surface area contributed by atoms with Gasteiger partial charge >= 0.3 is 0 Å². The number of ether oxygens (including phenoxy) is 2. The van der Waals surface area contributed by atoms with Gasteiger partial charge in [-0.05, 0) is 24.6 Å². The van der Waals surface area contributed by atoms with Crippen LogP contribution in [0, 0.1) is 0 Å². The minimum atomic E-state index is -1.22. The predicted molar refractivity (Wildman–Crippen MR) is 62.3 cm³/mol. The smallest absolute Gasteiger partial charge is 0.161 e. The topological polar surface area (TPSA) is 58.6 Å². The van der Waals surface area contributed by atoms with Crippen LogP contribution in [0.3, 0.4) is 0 Å². The minimum absolute atomic E-state index is 0.0859. The van der Waals surface area contributed by atoms with Gasteiger partial charge in [-0.2, -0.15) is 0 Å². The molecule has 0 radical (unpaired) electrons. The van der Waals surface area contributed by atoms with E-state index < -0.39 is 5.97 Å². The fourth-order valence-corrected chi connectivity index (χ4v) is 1.45. The first-order valence-electron chi connectivity index (χ1n) is 5.71. The monoisotopic (exact) mass is 237 g/mol. The highest BCUT2D eigenvalue weighted by Gasteiger charge is 2.06. The molecule has 4 heteroatoms. The second-order valence-corrected chi connectivity index (χ2v) is 3.71. The zero-order valence-electron chi connectivity index (χ0n) is 10.2. The van der Waals surface area contributed by atoms with Crippen LogP contribution in [0.5, 0.6) is 11.5 Å². The van der Waals surface area contributed by atoms with E-state index in [1.54, 1.807) is 6.07 Å². The number of carboxylic acid groups (broad SMARTS) is 1. The van der Waals surface area contributed by atoms with Crippen molar-refractivity contribution in [1.82, 2.24) is 0 Å². The van der Waals surface area contributed by atoms with Gasteiger partial charge in [-0.3, -0.25) is 0 Å². The van der Waals surface area contributed by atoms with Crippen LogP contribution in [0.15, 0.2) is 18.2 Å². The first-order chi connectivity index (χ1) is 8.19. The lowest BCUT2D eigenvalue weighted by atomic mass is 10.2. The molecule has 0 fully saturated rings. The van der Waals surface area contributed by atoms with Gasteiger partial charge in [0.15, 0.2) is 11.5 Å². The Bertz CT molecular complexity index is 374. The molecule has 1 rings (SSSR count). The van der Waals surface area contributed by atoms with Crippen LogP contribution in [0.25, 0.3) is 0 Å². The lowest BCUT2D eigenvalue weighted by molar-refractivity contribution is -0.255. The van der Waals surface area contributed by atoms with E-state index >= 15 is 0 Å². The van der Waals surface area contributed by atoms with Gasteiger partial charge in [0, 0.05) is 5.56 Å². The van der Waals surface area contributed by atoms with Gasteiger partial charge in [0.25, 0.3) is 0 Å². The van der Waals surface area contributed by atoms with Crippen LogP contribution < -0.4 is 14.6 Å². The molecular weight excluding hydrogens is 220 g/mol. The summed E-state index contributed by atoms with van der Waals surface area (Å²) in [5.74, 6) is -0.238. The highest BCUT2D eigenvalue weighted by Crippen LogP contribution is 2.28. The molecule has 0 aromatic heterocycles. The summed E-state index contributed by atoms with van der Waals surface area (Å²) in [7, 11) is 1.48. The largest absolute Gasteiger partial charge is 0.545 e. The Morgan fingerprint density at radius 3 is 2.65 bits per heavy atom. The van der Waals surface area contributed by atoms with E-state index in [4.69, 9.17) is 9.47 Å². The normalized spacial score (nSPS) is 10.0. The summed E-state index contributed by atoms with van der Waals surface area (Å²) in [6.07, 6.45) is 3.21. The van der Waals surface area contributed by atoms with Crippen LogP contribution >= 0.6 is 0 Å². The molecule has 0 heterocycles. The second-order valence-electron chi connectivity index (χ2n) is 3.71. The molecule has 0 aliphatic carbocycles. The van der Waals surface area contributed by atoms with E-state index in [0.717, 1.165) is 19.3 Å². The quantitative estimate of drug-likeness (QED) is 0.676. The molecular formula is C13H17O4-. The number of benzene rings is 1. The fourth-order valence-electron chi connectivity index (χ4n) is 1.45. The van der Waals surface area contributed by atoms with E-state index in [0.29, 0.717) is 18.1 Å². The van der Waals surface area contributed by atoms with Crippen LogP contribution in [0.4, 0.5) is 0 Å². The van der Waals surface area contributed by atoms with Gasteiger partial charge in [0.2, 0.25) is 0 Å². The summed E-state index contributed by atoms with van der Waals surface area (Å²) in [6.45, 7) is 2.73. The van der Waals surface area contributed by atoms with Crippen molar-refractivity contribution in [3.63, 3.8) is 0 Å². The van der Waals surface area contributed by atoms with E-state index in [9.17, 15) is 9.90 Å². The maximum absolute atomic E-state index is 10.7. The van der Waals surface area contributed by atoms with Crippen molar-refractivity contribution >= 4 is 5.97 Å². The van der Waals surface area contributed by atoms with Crippen LogP contribution in [0.2, 0.25) is 0 Å². The molecule has 0 N–H and O–H groups in total. The minimum Gasteiger partial charge on any atom is -0.545 e. The Kier molecular flexibility index (Phi) is 5.33. The molecule has 0 bridgehead atoms. The van der Waals surface area contributed by atoms with E-state index in [2.05, 4.69) is 6.92 Å². The number of methoxy groups -OCH3 is 1. The molecule has 1 aromatic rings. The van der Waals surface area contributed by atoms with Gasteiger partial charge in [-0.15, -0.1) is 0 Å². The van der Waals surface area contributed by atoms with Gasteiger partial charge in [-0.1, -0.05) is 19.8 Å². The average Bonchev–Trinajstić information content (AvgIpc) is 2.34. The third kappa shape index (κ3) is 3.98.